The molecule has 1 unspecified atom stereocenters. The van der Waals surface area contributed by atoms with Gasteiger partial charge in [-0.1, -0.05) is 6.42 Å². The van der Waals surface area contributed by atoms with Gasteiger partial charge < -0.3 is 9.47 Å². The van der Waals surface area contributed by atoms with Gasteiger partial charge in [-0.05, 0) is 19.3 Å². The zero-order valence-corrected chi connectivity index (χ0v) is 13.7. The Balaban J connectivity index is 1.69. The van der Waals surface area contributed by atoms with Crippen molar-refractivity contribution < 1.29 is 17.9 Å². The molecule has 0 radical (unpaired) electrons. The van der Waals surface area contributed by atoms with Gasteiger partial charge in [0.1, 0.15) is 5.25 Å². The van der Waals surface area contributed by atoms with E-state index in [2.05, 4.69) is 4.90 Å². The lowest BCUT2D eigenvalue weighted by Gasteiger charge is -2.37. The molecule has 1 aliphatic carbocycles. The Hall–Kier alpha value is -0.210. The minimum absolute atomic E-state index is 0.103. The predicted octanol–water partition coefficient (Wildman–Crippen LogP) is 0.289. The van der Waals surface area contributed by atoms with Crippen molar-refractivity contribution in [3.8, 4) is 0 Å². The average Bonchev–Trinajstić information content (AvgIpc) is 3.03. The number of hydrogen-bond acceptors (Lipinski definition) is 5. The van der Waals surface area contributed by atoms with Crippen molar-refractivity contribution >= 4 is 10.0 Å². The molecule has 0 N–H and O–H groups in total. The smallest absolute Gasteiger partial charge is 0.221 e. The average molecular weight is 318 g/mol. The van der Waals surface area contributed by atoms with Crippen LogP contribution >= 0.6 is 0 Å². The Labute approximate surface area is 127 Å². The zero-order valence-electron chi connectivity index (χ0n) is 12.9. The van der Waals surface area contributed by atoms with Crippen molar-refractivity contribution in [3.63, 3.8) is 0 Å². The summed E-state index contributed by atoms with van der Waals surface area (Å²) < 4.78 is 37.3. The number of hydrogen-bond donors (Lipinski definition) is 0. The number of nitrogens with zero attached hydrogens (tertiary/aromatic N) is 2. The van der Waals surface area contributed by atoms with Crippen molar-refractivity contribution in [3.05, 3.63) is 0 Å². The summed E-state index contributed by atoms with van der Waals surface area (Å²) in [5.41, 5.74) is 0. The molecule has 0 aromatic carbocycles. The van der Waals surface area contributed by atoms with Crippen LogP contribution in [0.5, 0.6) is 0 Å². The van der Waals surface area contributed by atoms with Gasteiger partial charge in [-0.15, -0.1) is 0 Å². The first-order valence-corrected chi connectivity index (χ1v) is 9.36. The summed E-state index contributed by atoms with van der Waals surface area (Å²) in [6, 6.07) is 0.442. The van der Waals surface area contributed by atoms with Crippen LogP contribution in [0.4, 0.5) is 0 Å². The molecule has 0 aromatic heterocycles. The van der Waals surface area contributed by atoms with Crippen LogP contribution in [-0.4, -0.2) is 81.5 Å². The van der Waals surface area contributed by atoms with Crippen molar-refractivity contribution in [2.24, 2.45) is 0 Å². The highest BCUT2D eigenvalue weighted by atomic mass is 32.2. The third kappa shape index (κ3) is 2.86. The van der Waals surface area contributed by atoms with Crippen molar-refractivity contribution in [2.45, 2.75) is 49.1 Å². The zero-order chi connectivity index (χ0) is 15.0. The van der Waals surface area contributed by atoms with Crippen molar-refractivity contribution in [1.82, 2.24) is 9.21 Å². The third-order valence-electron chi connectivity index (χ3n) is 5.32. The van der Waals surface area contributed by atoms with Crippen molar-refractivity contribution in [2.75, 3.05) is 40.5 Å². The SMILES string of the molecule is COC1CCN([C@H]2CCC[C@H]2N(C)S(=O)(=O)C2COC2)C1. The van der Waals surface area contributed by atoms with Gasteiger partial charge in [-0.2, -0.15) is 4.31 Å². The normalized spacial score (nSPS) is 35.5. The van der Waals surface area contributed by atoms with E-state index in [-0.39, 0.29) is 11.3 Å². The second-order valence-electron chi connectivity index (χ2n) is 6.43. The second kappa shape index (κ2) is 6.12. The highest BCUT2D eigenvalue weighted by Gasteiger charge is 2.44. The van der Waals surface area contributed by atoms with Crippen LogP contribution in [0, 0.1) is 0 Å². The first-order chi connectivity index (χ1) is 10.0. The molecule has 0 aromatic rings. The molecular weight excluding hydrogens is 292 g/mol. The predicted molar refractivity (Wildman–Crippen MR) is 79.7 cm³/mol. The van der Waals surface area contributed by atoms with Crippen molar-refractivity contribution in [1.29, 1.82) is 0 Å². The van der Waals surface area contributed by atoms with E-state index in [1.807, 2.05) is 0 Å². The monoisotopic (exact) mass is 318 g/mol. The molecule has 2 saturated heterocycles. The third-order valence-corrected chi connectivity index (χ3v) is 7.51. The van der Waals surface area contributed by atoms with Gasteiger partial charge in [0.15, 0.2) is 0 Å². The standard InChI is InChI=1S/C14H26N2O4S/c1-15(21(17,18)12-9-20-10-12)13-4-3-5-14(13)16-7-6-11(8-16)19-2/h11-14H,3-10H2,1-2H3/t11?,13-,14+/m1/s1. The van der Waals surface area contributed by atoms with Gasteiger partial charge in [0.25, 0.3) is 0 Å². The fourth-order valence-electron chi connectivity index (χ4n) is 3.83. The van der Waals surface area contributed by atoms with Gasteiger partial charge in [0.05, 0.1) is 19.3 Å². The van der Waals surface area contributed by atoms with E-state index in [9.17, 15) is 8.42 Å². The number of sulfonamides is 1. The van der Waals surface area contributed by atoms with E-state index in [1.54, 1.807) is 18.5 Å². The lowest BCUT2D eigenvalue weighted by molar-refractivity contribution is 0.0381. The summed E-state index contributed by atoms with van der Waals surface area (Å²) in [5, 5.41) is -0.339. The molecule has 21 heavy (non-hydrogen) atoms. The minimum Gasteiger partial charge on any atom is -0.380 e. The Morgan fingerprint density at radius 3 is 2.57 bits per heavy atom. The molecule has 3 aliphatic rings. The van der Waals surface area contributed by atoms with Gasteiger partial charge in [0, 0.05) is 39.3 Å². The van der Waals surface area contributed by atoms with E-state index < -0.39 is 10.0 Å². The first kappa shape index (κ1) is 15.7. The summed E-state index contributed by atoms with van der Waals surface area (Å²) in [5.74, 6) is 0. The Morgan fingerprint density at radius 2 is 2.00 bits per heavy atom. The molecule has 0 bridgehead atoms. The Bertz CT molecular complexity index is 466. The van der Waals surface area contributed by atoms with Gasteiger partial charge >= 0.3 is 0 Å². The quantitative estimate of drug-likeness (QED) is 0.729. The van der Waals surface area contributed by atoms with Gasteiger partial charge in [-0.25, -0.2) is 8.42 Å². The number of ether oxygens (including phenoxy) is 2. The minimum atomic E-state index is -3.22. The molecule has 3 fully saturated rings. The molecule has 1 saturated carbocycles. The number of methoxy groups -OCH3 is 1. The lowest BCUT2D eigenvalue weighted by atomic mass is 10.1. The van der Waals surface area contributed by atoms with E-state index in [0.717, 1.165) is 38.8 Å². The maximum atomic E-state index is 12.6. The van der Waals surface area contributed by atoms with Crippen LogP contribution in [0.2, 0.25) is 0 Å². The lowest BCUT2D eigenvalue weighted by Crippen LogP contribution is -2.54. The summed E-state index contributed by atoms with van der Waals surface area (Å²) in [6.45, 7) is 2.64. The highest BCUT2D eigenvalue weighted by molar-refractivity contribution is 7.89. The Morgan fingerprint density at radius 1 is 1.24 bits per heavy atom. The molecule has 2 aliphatic heterocycles. The maximum absolute atomic E-state index is 12.6. The van der Waals surface area contributed by atoms with Crippen LogP contribution in [0.25, 0.3) is 0 Å². The van der Waals surface area contributed by atoms with E-state index in [4.69, 9.17) is 9.47 Å². The fraction of sp³-hybridized carbons (Fsp3) is 1.00. The number of rotatable bonds is 5. The molecule has 2 heterocycles. The fourth-order valence-corrected chi connectivity index (χ4v) is 5.46. The number of likely N-dealkylation sites (N-methyl/N-ethyl adjacent to an activating group) is 1. The summed E-state index contributed by atoms with van der Waals surface area (Å²) >= 11 is 0. The van der Waals surface area contributed by atoms with Crippen LogP contribution < -0.4 is 0 Å². The van der Waals surface area contributed by atoms with E-state index >= 15 is 0 Å². The second-order valence-corrected chi connectivity index (χ2v) is 8.70. The van der Waals surface area contributed by atoms with Gasteiger partial charge in [-0.3, -0.25) is 4.90 Å². The first-order valence-electron chi connectivity index (χ1n) is 7.85. The molecule has 7 heteroatoms. The summed E-state index contributed by atoms with van der Waals surface area (Å²) in [7, 11) is 0.291. The van der Waals surface area contributed by atoms with Crippen LogP contribution in [0.1, 0.15) is 25.7 Å². The largest absolute Gasteiger partial charge is 0.380 e. The molecule has 122 valence electrons. The maximum Gasteiger partial charge on any atom is 0.221 e. The van der Waals surface area contributed by atoms with E-state index in [1.165, 1.54) is 0 Å². The van der Waals surface area contributed by atoms with E-state index in [0.29, 0.717) is 25.4 Å². The molecule has 0 spiro atoms. The molecular formula is C14H26N2O4S. The summed E-state index contributed by atoms with van der Waals surface area (Å²) in [6.07, 6.45) is 4.50. The molecule has 3 atom stereocenters. The van der Waals surface area contributed by atoms with Crippen LogP contribution in [0.3, 0.4) is 0 Å². The van der Waals surface area contributed by atoms with Gasteiger partial charge in [0.2, 0.25) is 10.0 Å². The molecule has 0 amide bonds. The summed E-state index contributed by atoms with van der Waals surface area (Å²) in [4.78, 5) is 2.43. The molecule has 6 nitrogen and oxygen atoms in total. The molecule has 3 rings (SSSR count). The topological polar surface area (TPSA) is 59.1 Å². The van der Waals surface area contributed by atoms with Crippen LogP contribution in [0.15, 0.2) is 0 Å². The highest BCUT2D eigenvalue weighted by Crippen LogP contribution is 2.33. The Kier molecular flexibility index (Phi) is 4.57. The number of likely N-dealkylation sites (tertiary alicyclic amines) is 1. The van der Waals surface area contributed by atoms with Crippen LogP contribution in [-0.2, 0) is 19.5 Å².